The third-order valence-corrected chi connectivity index (χ3v) is 3.04. The molecular formula is C14H15F2N3O2. The number of carbonyl (C=O) groups excluding carboxylic acids is 1. The number of hydrogen-bond acceptors (Lipinski definition) is 4. The zero-order chi connectivity index (χ0) is 15.6. The Kier molecular flexibility index (Phi) is 4.21. The molecule has 0 saturated heterocycles. The van der Waals surface area contributed by atoms with Gasteiger partial charge in [0.2, 0.25) is 5.88 Å². The van der Waals surface area contributed by atoms with Crippen molar-refractivity contribution in [1.29, 1.82) is 0 Å². The zero-order valence-electron chi connectivity index (χ0n) is 11.9. The molecule has 1 heterocycles. The second-order valence-electron chi connectivity index (χ2n) is 4.52. The van der Waals surface area contributed by atoms with Gasteiger partial charge in [-0.05, 0) is 32.9 Å². The van der Waals surface area contributed by atoms with Crippen LogP contribution in [0.2, 0.25) is 0 Å². The third-order valence-electron chi connectivity index (χ3n) is 3.04. The summed E-state index contributed by atoms with van der Waals surface area (Å²) in [6, 6.07) is 1.93. The molecule has 21 heavy (non-hydrogen) atoms. The number of halogens is 2. The van der Waals surface area contributed by atoms with Crippen molar-refractivity contribution in [2.24, 2.45) is 0 Å². The van der Waals surface area contributed by atoms with E-state index in [1.807, 2.05) is 0 Å². The number of rotatable bonds is 4. The largest absolute Gasteiger partial charge is 0.381 e. The first-order valence-electron chi connectivity index (χ1n) is 6.41. The standard InChI is InChI=1S/C14H15F2N3O2/c1-4-17-12-10(15)5-9(6-11(12)16)13(20)18-14-7(2)8(3)19-21-14/h5-6,17H,4H2,1-3H3,(H,18,20). The first kappa shape index (κ1) is 15.0. The molecule has 5 nitrogen and oxygen atoms in total. The predicted octanol–water partition coefficient (Wildman–Crippen LogP) is 3.25. The summed E-state index contributed by atoms with van der Waals surface area (Å²) in [5.41, 5.74) is 0.902. The summed E-state index contributed by atoms with van der Waals surface area (Å²) in [6.45, 7) is 5.53. The maximum Gasteiger partial charge on any atom is 0.258 e. The number of anilines is 2. The Labute approximate surface area is 120 Å². The van der Waals surface area contributed by atoms with Gasteiger partial charge in [0.05, 0.1) is 5.69 Å². The second-order valence-corrected chi connectivity index (χ2v) is 4.52. The molecule has 2 aromatic rings. The molecule has 0 radical (unpaired) electrons. The van der Waals surface area contributed by atoms with Crippen LogP contribution in [0.5, 0.6) is 0 Å². The quantitative estimate of drug-likeness (QED) is 0.908. The molecular weight excluding hydrogens is 280 g/mol. The van der Waals surface area contributed by atoms with E-state index in [1.54, 1.807) is 20.8 Å². The molecule has 0 fully saturated rings. The Hall–Kier alpha value is -2.44. The fourth-order valence-electron chi connectivity index (χ4n) is 1.76. The molecule has 0 aliphatic heterocycles. The maximum atomic E-state index is 13.8. The molecule has 1 amide bonds. The van der Waals surface area contributed by atoms with Crippen LogP contribution < -0.4 is 10.6 Å². The minimum atomic E-state index is -0.826. The summed E-state index contributed by atoms with van der Waals surface area (Å²) in [4.78, 5) is 12.0. The van der Waals surface area contributed by atoms with Crippen molar-refractivity contribution < 1.29 is 18.1 Å². The molecule has 112 valence electrons. The first-order valence-corrected chi connectivity index (χ1v) is 6.41. The van der Waals surface area contributed by atoms with Crippen LogP contribution in [0.15, 0.2) is 16.7 Å². The highest BCUT2D eigenvalue weighted by Crippen LogP contribution is 2.22. The number of amides is 1. The van der Waals surface area contributed by atoms with E-state index in [0.717, 1.165) is 12.1 Å². The highest BCUT2D eigenvalue weighted by molar-refractivity contribution is 6.04. The van der Waals surface area contributed by atoms with E-state index >= 15 is 0 Å². The van der Waals surface area contributed by atoms with Crippen LogP contribution >= 0.6 is 0 Å². The molecule has 0 aliphatic carbocycles. The summed E-state index contributed by atoms with van der Waals surface area (Å²) < 4.78 is 32.5. The Morgan fingerprint density at radius 1 is 1.29 bits per heavy atom. The molecule has 0 bridgehead atoms. The van der Waals surface area contributed by atoms with Gasteiger partial charge in [0.25, 0.3) is 5.91 Å². The molecule has 0 aliphatic rings. The molecule has 0 atom stereocenters. The van der Waals surface area contributed by atoms with Gasteiger partial charge >= 0.3 is 0 Å². The lowest BCUT2D eigenvalue weighted by atomic mass is 10.1. The van der Waals surface area contributed by atoms with Gasteiger partial charge in [0.1, 0.15) is 17.3 Å². The van der Waals surface area contributed by atoms with Gasteiger partial charge < -0.3 is 9.84 Å². The van der Waals surface area contributed by atoms with E-state index in [2.05, 4.69) is 15.8 Å². The van der Waals surface area contributed by atoms with Gasteiger partial charge in [-0.2, -0.15) is 0 Å². The van der Waals surface area contributed by atoms with Crippen LogP contribution in [0.25, 0.3) is 0 Å². The number of carbonyl (C=O) groups is 1. The molecule has 0 saturated carbocycles. The van der Waals surface area contributed by atoms with Gasteiger partial charge in [0, 0.05) is 17.7 Å². The van der Waals surface area contributed by atoms with Crippen molar-refractivity contribution in [2.75, 3.05) is 17.2 Å². The number of nitrogens with zero attached hydrogens (tertiary/aromatic N) is 1. The topological polar surface area (TPSA) is 67.2 Å². The van der Waals surface area contributed by atoms with Crippen LogP contribution in [0.1, 0.15) is 28.5 Å². The zero-order valence-corrected chi connectivity index (χ0v) is 11.9. The number of hydrogen-bond donors (Lipinski definition) is 2. The highest BCUT2D eigenvalue weighted by atomic mass is 19.1. The summed E-state index contributed by atoms with van der Waals surface area (Å²) in [6.07, 6.45) is 0. The van der Waals surface area contributed by atoms with Crippen LogP contribution in [-0.4, -0.2) is 17.6 Å². The lowest BCUT2D eigenvalue weighted by molar-refractivity contribution is 0.102. The Bertz CT molecular complexity index is 660. The van der Waals surface area contributed by atoms with Crippen molar-refractivity contribution in [1.82, 2.24) is 5.16 Å². The molecule has 1 aromatic heterocycles. The highest BCUT2D eigenvalue weighted by Gasteiger charge is 2.17. The summed E-state index contributed by atoms with van der Waals surface area (Å²) in [5.74, 6) is -2.16. The second kappa shape index (κ2) is 5.90. The minimum Gasteiger partial charge on any atom is -0.381 e. The molecule has 0 spiro atoms. The Morgan fingerprint density at radius 2 is 1.90 bits per heavy atom. The Balaban J connectivity index is 2.26. The van der Waals surface area contributed by atoms with Crippen molar-refractivity contribution in [2.45, 2.75) is 20.8 Å². The smallest absolute Gasteiger partial charge is 0.258 e. The number of benzene rings is 1. The molecule has 2 N–H and O–H groups in total. The fourth-order valence-corrected chi connectivity index (χ4v) is 1.76. The van der Waals surface area contributed by atoms with Crippen molar-refractivity contribution in [3.63, 3.8) is 0 Å². The van der Waals surface area contributed by atoms with E-state index in [-0.39, 0.29) is 17.1 Å². The average Bonchev–Trinajstić information content (AvgIpc) is 2.74. The van der Waals surface area contributed by atoms with Gasteiger partial charge in [-0.1, -0.05) is 5.16 Å². The van der Waals surface area contributed by atoms with Gasteiger partial charge in [-0.25, -0.2) is 8.78 Å². The van der Waals surface area contributed by atoms with Crippen molar-refractivity contribution in [3.05, 3.63) is 40.6 Å². The van der Waals surface area contributed by atoms with E-state index in [0.29, 0.717) is 17.8 Å². The average molecular weight is 295 g/mol. The minimum absolute atomic E-state index is 0.139. The van der Waals surface area contributed by atoms with Crippen molar-refractivity contribution in [3.8, 4) is 0 Å². The SMILES string of the molecule is CCNc1c(F)cc(C(=O)Nc2onc(C)c2C)cc1F. The molecule has 1 aromatic carbocycles. The fraction of sp³-hybridized carbons (Fsp3) is 0.286. The first-order chi connectivity index (χ1) is 9.93. The molecule has 2 rings (SSSR count). The van der Waals surface area contributed by atoms with Gasteiger partial charge in [0.15, 0.2) is 0 Å². The molecule has 7 heteroatoms. The van der Waals surface area contributed by atoms with Crippen LogP contribution in [0.3, 0.4) is 0 Å². The lowest BCUT2D eigenvalue weighted by Gasteiger charge is -2.09. The normalized spacial score (nSPS) is 10.5. The van der Waals surface area contributed by atoms with Crippen LogP contribution in [0, 0.1) is 25.5 Å². The van der Waals surface area contributed by atoms with Gasteiger partial charge in [-0.15, -0.1) is 0 Å². The summed E-state index contributed by atoms with van der Waals surface area (Å²) >= 11 is 0. The Morgan fingerprint density at radius 3 is 2.38 bits per heavy atom. The summed E-state index contributed by atoms with van der Waals surface area (Å²) in [7, 11) is 0. The molecule has 0 unspecified atom stereocenters. The monoisotopic (exact) mass is 295 g/mol. The van der Waals surface area contributed by atoms with E-state index in [1.165, 1.54) is 0 Å². The van der Waals surface area contributed by atoms with Gasteiger partial charge in [-0.3, -0.25) is 10.1 Å². The summed E-state index contributed by atoms with van der Waals surface area (Å²) in [5, 5.41) is 8.68. The van der Waals surface area contributed by atoms with Crippen LogP contribution in [-0.2, 0) is 0 Å². The number of nitrogens with one attached hydrogen (secondary N) is 2. The van der Waals surface area contributed by atoms with E-state index in [9.17, 15) is 13.6 Å². The van der Waals surface area contributed by atoms with Crippen LogP contribution in [0.4, 0.5) is 20.4 Å². The van der Waals surface area contributed by atoms with E-state index < -0.39 is 17.5 Å². The maximum absolute atomic E-state index is 13.8. The lowest BCUT2D eigenvalue weighted by Crippen LogP contribution is -2.14. The number of aryl methyl sites for hydroxylation is 1. The van der Waals surface area contributed by atoms with E-state index in [4.69, 9.17) is 4.52 Å². The third kappa shape index (κ3) is 3.01. The van der Waals surface area contributed by atoms with Crippen molar-refractivity contribution >= 4 is 17.5 Å². The predicted molar refractivity (Wildman–Crippen MR) is 74.5 cm³/mol. The number of aromatic nitrogens is 1.